The molecule has 4 heterocycles. The number of fused-ring (bicyclic) bond motifs is 2. The fraction of sp³-hybridized carbons (Fsp3) is 0.250. The molecule has 0 saturated heterocycles. The Morgan fingerprint density at radius 2 is 0.855 bits per heavy atom. The van der Waals surface area contributed by atoms with Gasteiger partial charge in [-0.15, -0.1) is 0 Å². The fourth-order valence-electron chi connectivity index (χ4n) is 7.19. The zero-order chi connectivity index (χ0) is 44.0. The second-order valence-corrected chi connectivity index (χ2v) is 15.6. The van der Waals surface area contributed by atoms with E-state index >= 15 is 0 Å². The number of esters is 2. The van der Waals surface area contributed by atoms with Crippen LogP contribution < -0.4 is 9.80 Å². The van der Waals surface area contributed by atoms with Gasteiger partial charge in [-0.3, -0.25) is 19.4 Å². The second-order valence-electron chi connectivity index (χ2n) is 15.6. The van der Waals surface area contributed by atoms with E-state index < -0.39 is 41.9 Å². The van der Waals surface area contributed by atoms with Gasteiger partial charge in [0.2, 0.25) is 0 Å². The summed E-state index contributed by atoms with van der Waals surface area (Å²) >= 11 is 0. The zero-order valence-electron chi connectivity index (χ0n) is 35.0. The van der Waals surface area contributed by atoms with Crippen LogP contribution in [0.15, 0.2) is 121 Å². The van der Waals surface area contributed by atoms with Crippen LogP contribution in [0.1, 0.15) is 71.1 Å². The Morgan fingerprint density at radius 1 is 0.532 bits per heavy atom. The van der Waals surface area contributed by atoms with Gasteiger partial charge in [0.15, 0.2) is 11.6 Å². The van der Waals surface area contributed by atoms with Crippen molar-refractivity contribution in [1.82, 2.24) is 19.9 Å². The number of amides is 2. The van der Waals surface area contributed by atoms with Crippen LogP contribution >= 0.6 is 0 Å². The lowest BCUT2D eigenvalue weighted by Crippen LogP contribution is -2.42. The molecule has 2 atom stereocenters. The number of hydrogen-bond acceptors (Lipinski definition) is 11. The summed E-state index contributed by atoms with van der Waals surface area (Å²) in [6.45, 7) is 8.61. The van der Waals surface area contributed by atoms with Crippen molar-refractivity contribution in [2.24, 2.45) is 0 Å². The van der Waals surface area contributed by atoms with Gasteiger partial charge in [0.25, 0.3) is 0 Å². The highest BCUT2D eigenvalue weighted by Gasteiger charge is 2.38. The predicted molar refractivity (Wildman–Crippen MR) is 233 cm³/mol. The lowest BCUT2D eigenvalue weighted by atomic mass is 10.0. The van der Waals surface area contributed by atoms with Gasteiger partial charge in [-0.25, -0.2) is 29.5 Å². The predicted octanol–water partition coefficient (Wildman–Crippen LogP) is 9.86. The summed E-state index contributed by atoms with van der Waals surface area (Å²) in [5, 5.41) is 9.65. The van der Waals surface area contributed by atoms with Gasteiger partial charge in [0.1, 0.15) is 29.2 Å². The number of carbonyl (C=O) groups excluding carboxylic acids is 3. The van der Waals surface area contributed by atoms with Crippen molar-refractivity contribution in [1.29, 1.82) is 0 Å². The minimum absolute atomic E-state index is 0.174. The first-order valence-electron chi connectivity index (χ1n) is 20.2. The van der Waals surface area contributed by atoms with E-state index in [0.717, 1.165) is 27.2 Å². The van der Waals surface area contributed by atoms with Crippen LogP contribution in [0.4, 0.5) is 21.2 Å². The maximum Gasteiger partial charge on any atom is 0.416 e. The molecule has 0 spiro atoms. The molecule has 2 unspecified atom stereocenters. The van der Waals surface area contributed by atoms with Gasteiger partial charge in [-0.1, -0.05) is 121 Å². The van der Waals surface area contributed by atoms with E-state index in [2.05, 4.69) is 0 Å². The second kappa shape index (κ2) is 18.4. The Kier molecular flexibility index (Phi) is 12.7. The molecular formula is C48H46N6O8. The molecule has 0 aliphatic carbocycles. The third-order valence-corrected chi connectivity index (χ3v) is 9.81. The van der Waals surface area contributed by atoms with E-state index in [4.69, 9.17) is 34.1 Å². The first-order chi connectivity index (χ1) is 29.8. The number of benzene rings is 4. The third kappa shape index (κ3) is 9.76. The minimum Gasteiger partial charge on any atom is -0.465 e. The Labute approximate surface area is 359 Å². The normalized spacial score (nSPS) is 15.5. The van der Waals surface area contributed by atoms with E-state index in [-0.39, 0.29) is 12.4 Å². The van der Waals surface area contributed by atoms with E-state index in [1.807, 2.05) is 142 Å². The van der Waals surface area contributed by atoms with E-state index in [0.29, 0.717) is 59.4 Å². The van der Waals surface area contributed by atoms with Gasteiger partial charge in [-0.05, 0) is 20.8 Å². The maximum absolute atomic E-state index is 13.0. The number of ether oxygens (including phenoxy) is 3. The van der Waals surface area contributed by atoms with E-state index in [1.54, 1.807) is 0 Å². The van der Waals surface area contributed by atoms with Gasteiger partial charge in [0.05, 0.1) is 22.8 Å². The number of hydrogen-bond donors (Lipinski definition) is 1. The molecule has 316 valence electrons. The molecule has 8 rings (SSSR count). The number of nitrogens with zero attached hydrogens (tertiary/aromatic N) is 6. The first kappa shape index (κ1) is 42.6. The van der Waals surface area contributed by atoms with Crippen LogP contribution in [0.2, 0.25) is 0 Å². The van der Waals surface area contributed by atoms with Crippen molar-refractivity contribution in [2.45, 2.75) is 65.3 Å². The summed E-state index contributed by atoms with van der Waals surface area (Å²) < 4.78 is 16.6. The molecule has 0 radical (unpaired) electrons. The molecule has 1 N–H and O–H groups in total. The summed E-state index contributed by atoms with van der Waals surface area (Å²) in [6, 6.07) is 38.4. The Balaban J connectivity index is 0.000000188. The molecular weight excluding hydrogens is 789 g/mol. The van der Waals surface area contributed by atoms with Crippen LogP contribution in [-0.4, -0.2) is 67.9 Å². The fourth-order valence-corrected chi connectivity index (χ4v) is 7.19. The van der Waals surface area contributed by atoms with Crippen molar-refractivity contribution < 1.29 is 38.5 Å². The number of carbonyl (C=O) groups is 4. The number of carboxylic acid groups (broad SMARTS) is 1. The van der Waals surface area contributed by atoms with Gasteiger partial charge < -0.3 is 19.3 Å². The molecule has 6 aromatic rings. The minimum atomic E-state index is -1.12. The van der Waals surface area contributed by atoms with Crippen molar-refractivity contribution in [3.63, 3.8) is 0 Å². The molecule has 14 heteroatoms. The van der Waals surface area contributed by atoms with Crippen LogP contribution in [0.25, 0.3) is 45.0 Å². The summed E-state index contributed by atoms with van der Waals surface area (Å²) in [6.07, 6.45) is -2.14. The number of rotatable bonds is 6. The SMILES string of the molecule is CC(=O)OC1CCN(C(=O)O)c2nc(-c3ccccc3)c(-c3ccccc3)nc21.CC(=O)OC1CCN(C(=O)OC(C)(C)C)c2nc(-c3ccccc3)c(-c3ccccc3)nc21. The van der Waals surface area contributed by atoms with E-state index in [1.165, 1.54) is 18.7 Å². The van der Waals surface area contributed by atoms with Gasteiger partial charge >= 0.3 is 24.1 Å². The van der Waals surface area contributed by atoms with Gasteiger partial charge in [0, 0.05) is 62.0 Å². The molecule has 0 bridgehead atoms. The molecule has 2 aliphatic rings. The summed E-state index contributed by atoms with van der Waals surface area (Å²) in [7, 11) is 0. The largest absolute Gasteiger partial charge is 0.465 e. The smallest absolute Gasteiger partial charge is 0.416 e. The standard InChI is InChI=1S/C26H27N3O4.C22H19N3O4/c1-17(30)32-20-15-16-29(25(31)33-26(2,3)4)24-23(20)27-21(18-11-7-5-8-12-18)22(28-24)19-13-9-6-10-14-19;1-14(26)29-17-12-13-25(22(27)28)21-20(17)23-18(15-8-4-2-5-9-15)19(24-21)16-10-6-3-7-11-16/h5-14,20H,15-16H2,1-4H3;2-11,17H,12-13H2,1H3,(H,27,28). The lowest BCUT2D eigenvalue weighted by molar-refractivity contribution is -0.148. The lowest BCUT2D eigenvalue weighted by Gasteiger charge is -2.34. The molecule has 0 fully saturated rings. The highest BCUT2D eigenvalue weighted by atomic mass is 16.6. The molecule has 4 aromatic carbocycles. The maximum atomic E-state index is 13.0. The first-order valence-corrected chi connectivity index (χ1v) is 20.2. The molecule has 0 saturated carbocycles. The topological polar surface area (TPSA) is 174 Å². The number of anilines is 2. The highest BCUT2D eigenvalue weighted by molar-refractivity contribution is 5.91. The summed E-state index contributed by atoms with van der Waals surface area (Å²) in [5.41, 5.74) is 6.02. The molecule has 2 aromatic heterocycles. The van der Waals surface area contributed by atoms with Crippen molar-refractivity contribution in [2.75, 3.05) is 22.9 Å². The van der Waals surface area contributed by atoms with Gasteiger partial charge in [-0.2, -0.15) is 0 Å². The number of aromatic nitrogens is 4. The molecule has 2 amide bonds. The van der Waals surface area contributed by atoms with Crippen molar-refractivity contribution in [3.8, 4) is 45.0 Å². The zero-order valence-corrected chi connectivity index (χ0v) is 35.0. The highest BCUT2D eigenvalue weighted by Crippen LogP contribution is 2.41. The van der Waals surface area contributed by atoms with Crippen molar-refractivity contribution in [3.05, 3.63) is 133 Å². The third-order valence-electron chi connectivity index (χ3n) is 9.81. The Bertz CT molecular complexity index is 2570. The van der Waals surface area contributed by atoms with Crippen LogP contribution in [0.3, 0.4) is 0 Å². The average molecular weight is 835 g/mol. The Morgan fingerprint density at radius 3 is 1.18 bits per heavy atom. The quantitative estimate of drug-likeness (QED) is 0.124. The monoisotopic (exact) mass is 834 g/mol. The molecule has 14 nitrogen and oxygen atoms in total. The molecule has 62 heavy (non-hydrogen) atoms. The van der Waals surface area contributed by atoms with Crippen LogP contribution in [0.5, 0.6) is 0 Å². The summed E-state index contributed by atoms with van der Waals surface area (Å²) in [4.78, 5) is 70.2. The van der Waals surface area contributed by atoms with E-state index in [9.17, 15) is 24.3 Å². The Hall–Kier alpha value is -7.48. The van der Waals surface area contributed by atoms with Crippen LogP contribution in [-0.2, 0) is 23.8 Å². The average Bonchev–Trinajstić information content (AvgIpc) is 3.26. The molecule has 2 aliphatic heterocycles. The summed E-state index contributed by atoms with van der Waals surface area (Å²) in [5.74, 6) is -0.305. The van der Waals surface area contributed by atoms with Crippen molar-refractivity contribution >= 4 is 35.8 Å². The van der Waals surface area contributed by atoms with Crippen LogP contribution in [0, 0.1) is 0 Å².